The molecule has 26 heavy (non-hydrogen) atoms. The third kappa shape index (κ3) is 5.15. The largest absolute Gasteiger partial charge is 0.474 e. The highest BCUT2D eigenvalue weighted by Gasteiger charge is 2.16. The second kappa shape index (κ2) is 8.61. The van der Waals surface area contributed by atoms with E-state index in [-0.39, 0.29) is 17.8 Å². The van der Waals surface area contributed by atoms with Crippen LogP contribution in [0.2, 0.25) is 0 Å². The molecule has 0 unspecified atom stereocenters. The summed E-state index contributed by atoms with van der Waals surface area (Å²) < 4.78 is 18.8. The van der Waals surface area contributed by atoms with Crippen molar-refractivity contribution in [1.82, 2.24) is 10.3 Å². The Morgan fingerprint density at radius 1 is 1.23 bits per heavy atom. The van der Waals surface area contributed by atoms with Crippen LogP contribution in [0, 0.1) is 5.82 Å². The fourth-order valence-electron chi connectivity index (χ4n) is 3.00. The molecule has 0 bridgehead atoms. The van der Waals surface area contributed by atoms with Crippen LogP contribution in [0.25, 0.3) is 5.57 Å². The van der Waals surface area contributed by atoms with Gasteiger partial charge >= 0.3 is 0 Å². The van der Waals surface area contributed by atoms with E-state index in [0.717, 1.165) is 29.5 Å². The topological polar surface area (TPSA) is 51.2 Å². The number of allylic oxidation sites excluding steroid dienone is 1. The van der Waals surface area contributed by atoms with E-state index in [1.807, 2.05) is 19.1 Å². The molecule has 1 saturated carbocycles. The molecule has 1 amide bonds. The molecule has 1 heterocycles. The summed E-state index contributed by atoms with van der Waals surface area (Å²) in [5, 5.41) is 2.83. The van der Waals surface area contributed by atoms with Crippen molar-refractivity contribution in [3.63, 3.8) is 0 Å². The number of carbonyl (C=O) groups is 1. The molecular formula is C21H23FN2O2. The lowest BCUT2D eigenvalue weighted by Crippen LogP contribution is -2.20. The Bertz CT molecular complexity index is 764. The van der Waals surface area contributed by atoms with Gasteiger partial charge in [0.1, 0.15) is 11.9 Å². The third-order valence-electron chi connectivity index (χ3n) is 4.50. The van der Waals surface area contributed by atoms with Crippen molar-refractivity contribution in [2.75, 3.05) is 0 Å². The van der Waals surface area contributed by atoms with E-state index in [1.54, 1.807) is 18.3 Å². The Morgan fingerprint density at radius 3 is 2.62 bits per heavy atom. The maximum absolute atomic E-state index is 12.9. The fourth-order valence-corrected chi connectivity index (χ4v) is 3.00. The van der Waals surface area contributed by atoms with Gasteiger partial charge in [0, 0.05) is 24.9 Å². The van der Waals surface area contributed by atoms with Gasteiger partial charge in [-0.2, -0.15) is 0 Å². The molecule has 0 spiro atoms. The number of hydrogen-bond donors (Lipinski definition) is 1. The summed E-state index contributed by atoms with van der Waals surface area (Å²) in [6.45, 7) is 2.21. The van der Waals surface area contributed by atoms with Crippen LogP contribution in [0.3, 0.4) is 0 Å². The van der Waals surface area contributed by atoms with Gasteiger partial charge in [-0.15, -0.1) is 0 Å². The maximum atomic E-state index is 12.9. The molecule has 0 aliphatic heterocycles. The zero-order chi connectivity index (χ0) is 18.4. The van der Waals surface area contributed by atoms with Crippen molar-refractivity contribution in [1.29, 1.82) is 0 Å². The summed E-state index contributed by atoms with van der Waals surface area (Å²) in [5.74, 6) is 0.149. The molecule has 3 rings (SSSR count). The molecule has 0 atom stereocenters. The average Bonchev–Trinajstić information content (AvgIpc) is 3.15. The zero-order valence-electron chi connectivity index (χ0n) is 14.9. The second-order valence-corrected chi connectivity index (χ2v) is 6.58. The molecular weight excluding hydrogens is 331 g/mol. The van der Waals surface area contributed by atoms with Crippen LogP contribution in [0.5, 0.6) is 5.88 Å². The molecule has 1 N–H and O–H groups in total. The van der Waals surface area contributed by atoms with E-state index < -0.39 is 0 Å². The zero-order valence-corrected chi connectivity index (χ0v) is 14.9. The van der Waals surface area contributed by atoms with Crippen LogP contribution < -0.4 is 10.1 Å². The van der Waals surface area contributed by atoms with Crippen LogP contribution in [-0.4, -0.2) is 17.0 Å². The van der Waals surface area contributed by atoms with Gasteiger partial charge in [0.2, 0.25) is 11.8 Å². The monoisotopic (exact) mass is 354 g/mol. The van der Waals surface area contributed by atoms with Gasteiger partial charge in [0.15, 0.2) is 0 Å². The number of hydrogen-bond acceptors (Lipinski definition) is 3. The minimum Gasteiger partial charge on any atom is -0.474 e. The number of ether oxygens (including phenoxy) is 1. The lowest BCUT2D eigenvalue weighted by atomic mass is 10.1. The SMILES string of the molecule is C/C(=C/C(=O)NCc1ccc(OC2CCCC2)nc1)c1ccc(F)cc1. The highest BCUT2D eigenvalue weighted by Crippen LogP contribution is 2.22. The fraction of sp³-hybridized carbons (Fsp3) is 0.333. The third-order valence-corrected chi connectivity index (χ3v) is 4.50. The van der Waals surface area contributed by atoms with Crippen molar-refractivity contribution >= 4 is 11.5 Å². The number of aromatic nitrogens is 1. The van der Waals surface area contributed by atoms with Crippen LogP contribution in [0.15, 0.2) is 48.7 Å². The minimum atomic E-state index is -0.293. The molecule has 0 radical (unpaired) electrons. The quantitative estimate of drug-likeness (QED) is 0.789. The maximum Gasteiger partial charge on any atom is 0.244 e. The van der Waals surface area contributed by atoms with Gasteiger partial charge in [-0.05, 0) is 61.4 Å². The summed E-state index contributed by atoms with van der Waals surface area (Å²) in [4.78, 5) is 16.4. The Hall–Kier alpha value is -2.69. The van der Waals surface area contributed by atoms with Crippen LogP contribution in [0.4, 0.5) is 4.39 Å². The minimum absolute atomic E-state index is 0.196. The van der Waals surface area contributed by atoms with E-state index in [2.05, 4.69) is 10.3 Å². The average molecular weight is 354 g/mol. The molecule has 1 fully saturated rings. The molecule has 4 nitrogen and oxygen atoms in total. The van der Waals surface area contributed by atoms with Gasteiger partial charge in [-0.3, -0.25) is 4.79 Å². The number of carbonyl (C=O) groups excluding carboxylic acids is 1. The molecule has 0 saturated heterocycles. The van der Waals surface area contributed by atoms with Crippen LogP contribution in [0.1, 0.15) is 43.7 Å². The number of pyridine rings is 1. The first-order chi connectivity index (χ1) is 12.6. The Kier molecular flexibility index (Phi) is 6.00. The van der Waals surface area contributed by atoms with E-state index in [0.29, 0.717) is 12.4 Å². The first kappa shape index (κ1) is 18.1. The van der Waals surface area contributed by atoms with E-state index in [9.17, 15) is 9.18 Å². The summed E-state index contributed by atoms with van der Waals surface area (Å²) in [6, 6.07) is 9.83. The number of rotatable bonds is 6. The van der Waals surface area contributed by atoms with Crippen LogP contribution in [-0.2, 0) is 11.3 Å². The number of halogens is 1. The first-order valence-electron chi connectivity index (χ1n) is 8.94. The van der Waals surface area contributed by atoms with Crippen molar-refractivity contribution in [2.45, 2.75) is 45.3 Å². The van der Waals surface area contributed by atoms with E-state index in [4.69, 9.17) is 4.74 Å². The lowest BCUT2D eigenvalue weighted by molar-refractivity contribution is -0.116. The molecule has 1 aliphatic carbocycles. The highest BCUT2D eigenvalue weighted by atomic mass is 19.1. The summed E-state index contributed by atoms with van der Waals surface area (Å²) >= 11 is 0. The molecule has 1 aromatic carbocycles. The molecule has 2 aromatic rings. The lowest BCUT2D eigenvalue weighted by Gasteiger charge is -2.12. The first-order valence-corrected chi connectivity index (χ1v) is 8.94. The van der Waals surface area contributed by atoms with Gasteiger partial charge in [0.05, 0.1) is 0 Å². The number of nitrogens with zero attached hydrogens (tertiary/aromatic N) is 1. The van der Waals surface area contributed by atoms with Gasteiger partial charge in [0.25, 0.3) is 0 Å². The van der Waals surface area contributed by atoms with Crippen molar-refractivity contribution in [3.8, 4) is 5.88 Å². The van der Waals surface area contributed by atoms with E-state index >= 15 is 0 Å². The number of amides is 1. The van der Waals surface area contributed by atoms with E-state index in [1.165, 1.54) is 31.1 Å². The van der Waals surface area contributed by atoms with Gasteiger partial charge < -0.3 is 10.1 Å². The standard InChI is InChI=1S/C21H23FN2O2/c1-15(17-7-9-18(22)10-8-17)12-20(25)23-13-16-6-11-21(24-14-16)26-19-4-2-3-5-19/h6-12,14,19H,2-5,13H2,1H3,(H,23,25)/b15-12-. The van der Waals surface area contributed by atoms with Crippen LogP contribution >= 0.6 is 0 Å². The second-order valence-electron chi connectivity index (χ2n) is 6.58. The van der Waals surface area contributed by atoms with Crippen molar-refractivity contribution < 1.29 is 13.9 Å². The van der Waals surface area contributed by atoms with Gasteiger partial charge in [-0.1, -0.05) is 18.2 Å². The summed E-state index contributed by atoms with van der Waals surface area (Å²) in [7, 11) is 0. The smallest absolute Gasteiger partial charge is 0.244 e. The number of benzene rings is 1. The Labute approximate surface area is 153 Å². The predicted molar refractivity (Wildman–Crippen MR) is 99.0 cm³/mol. The number of nitrogens with one attached hydrogen (secondary N) is 1. The molecule has 1 aromatic heterocycles. The predicted octanol–water partition coefficient (Wildman–Crippen LogP) is 4.26. The normalized spacial score (nSPS) is 15.1. The molecule has 1 aliphatic rings. The summed E-state index contributed by atoms with van der Waals surface area (Å²) in [5.41, 5.74) is 2.50. The summed E-state index contributed by atoms with van der Waals surface area (Å²) in [6.07, 6.45) is 8.16. The molecule has 5 heteroatoms. The molecule has 136 valence electrons. The van der Waals surface area contributed by atoms with Gasteiger partial charge in [-0.25, -0.2) is 9.37 Å². The highest BCUT2D eigenvalue weighted by molar-refractivity contribution is 5.94. The Morgan fingerprint density at radius 2 is 1.96 bits per heavy atom. The van der Waals surface area contributed by atoms with Crippen molar-refractivity contribution in [2.24, 2.45) is 0 Å². The Balaban J connectivity index is 1.50. The van der Waals surface area contributed by atoms with Crippen molar-refractivity contribution in [3.05, 3.63) is 65.6 Å².